The summed E-state index contributed by atoms with van der Waals surface area (Å²) in [6.07, 6.45) is -2.23. The Labute approximate surface area is 252 Å². The fourth-order valence-electron chi connectivity index (χ4n) is 5.04. The summed E-state index contributed by atoms with van der Waals surface area (Å²) in [5, 5.41) is 17.7. The van der Waals surface area contributed by atoms with E-state index >= 15 is 0 Å². The van der Waals surface area contributed by atoms with E-state index < -0.39 is 25.2 Å². The number of nitrogens with zero attached hydrogens (tertiary/aromatic N) is 4. The van der Waals surface area contributed by atoms with E-state index in [0.717, 1.165) is 5.69 Å². The van der Waals surface area contributed by atoms with E-state index in [0.29, 0.717) is 54.5 Å². The highest BCUT2D eigenvalue weighted by Gasteiger charge is 2.36. The molecule has 15 heteroatoms. The summed E-state index contributed by atoms with van der Waals surface area (Å²) >= 11 is 0. The number of halogens is 3. The lowest BCUT2D eigenvalue weighted by Crippen LogP contribution is -2.36. The molecule has 0 amide bonds. The first-order valence-electron chi connectivity index (χ1n) is 14.1. The molecule has 0 aliphatic carbocycles. The van der Waals surface area contributed by atoms with Gasteiger partial charge >= 0.3 is 13.8 Å². The summed E-state index contributed by atoms with van der Waals surface area (Å²) in [6, 6.07) is 10.2. The van der Waals surface area contributed by atoms with Crippen LogP contribution in [0, 0.1) is 0 Å². The Morgan fingerprint density at radius 1 is 1.05 bits per heavy atom. The van der Waals surface area contributed by atoms with E-state index in [9.17, 15) is 22.8 Å². The van der Waals surface area contributed by atoms with E-state index in [1.807, 2.05) is 0 Å². The SMILES string of the molecule is CCOP(=O)(Cc1ccc(Nc2ncc(C(F)(F)F)c(Nc3ccc(N4CCOCC4)c4cn(C)c(O)c34)n2)cc1)OCC. The minimum Gasteiger partial charge on any atom is -0.494 e. The van der Waals surface area contributed by atoms with E-state index in [1.165, 1.54) is 4.57 Å². The number of hydrogen-bond acceptors (Lipinski definition) is 10. The Kier molecular flexibility index (Phi) is 9.35. The normalized spacial score (nSPS) is 14.3. The van der Waals surface area contributed by atoms with E-state index in [4.69, 9.17) is 13.8 Å². The standard InChI is InChI=1S/C29H34F3N6O5P/c1-4-42-44(40,43-5-2)18-19-6-8-20(9-7-19)34-28-33-16-22(29(30,31)32)26(36-28)35-23-10-11-24(38-12-14-41-15-13-38)21-17-37(3)27(39)25(21)23/h6-11,16-17,39H,4-5,12-15,18H2,1-3H3,(H2,33,34,35,36). The number of alkyl halides is 3. The lowest BCUT2D eigenvalue weighted by molar-refractivity contribution is -0.137. The number of benzene rings is 2. The summed E-state index contributed by atoms with van der Waals surface area (Å²) in [5.74, 6) is -0.664. The second-order valence-corrected chi connectivity index (χ2v) is 12.1. The summed E-state index contributed by atoms with van der Waals surface area (Å²) in [5.41, 5.74) is 1.22. The minimum atomic E-state index is -4.75. The number of anilines is 5. The van der Waals surface area contributed by atoms with E-state index in [1.54, 1.807) is 63.5 Å². The smallest absolute Gasteiger partial charge is 0.421 e. The van der Waals surface area contributed by atoms with Gasteiger partial charge in [-0.05, 0) is 43.7 Å². The van der Waals surface area contributed by atoms with Gasteiger partial charge in [0.15, 0.2) is 0 Å². The van der Waals surface area contributed by atoms with Crippen LogP contribution in [0.4, 0.5) is 42.0 Å². The van der Waals surface area contributed by atoms with Crippen LogP contribution in [0.25, 0.3) is 10.8 Å². The number of aromatic nitrogens is 3. The Balaban J connectivity index is 1.44. The zero-order valence-electron chi connectivity index (χ0n) is 24.5. The molecule has 1 aliphatic heterocycles. The Morgan fingerprint density at radius 3 is 2.36 bits per heavy atom. The summed E-state index contributed by atoms with van der Waals surface area (Å²) < 4.78 is 72.7. The molecular weight excluding hydrogens is 600 g/mol. The molecule has 0 atom stereocenters. The van der Waals surface area contributed by atoms with Crippen molar-refractivity contribution in [1.29, 1.82) is 0 Å². The van der Waals surface area contributed by atoms with Crippen molar-refractivity contribution in [3.8, 4) is 5.88 Å². The van der Waals surface area contributed by atoms with Gasteiger partial charge in [-0.2, -0.15) is 18.2 Å². The molecule has 4 aromatic rings. The third kappa shape index (κ3) is 6.94. The lowest BCUT2D eigenvalue weighted by atomic mass is 10.1. The molecule has 44 heavy (non-hydrogen) atoms. The maximum Gasteiger partial charge on any atom is 0.421 e. The van der Waals surface area contributed by atoms with Crippen molar-refractivity contribution in [2.45, 2.75) is 26.2 Å². The van der Waals surface area contributed by atoms with Crippen LogP contribution in [-0.2, 0) is 37.7 Å². The molecule has 0 spiro atoms. The summed E-state index contributed by atoms with van der Waals surface area (Å²) in [4.78, 5) is 10.2. The van der Waals surface area contributed by atoms with Gasteiger partial charge in [-0.25, -0.2) is 4.98 Å². The van der Waals surface area contributed by atoms with Gasteiger partial charge in [-0.1, -0.05) is 12.1 Å². The van der Waals surface area contributed by atoms with Crippen molar-refractivity contribution < 1.29 is 36.6 Å². The zero-order chi connectivity index (χ0) is 31.5. The second kappa shape index (κ2) is 13.0. The van der Waals surface area contributed by atoms with Gasteiger partial charge in [0.2, 0.25) is 11.8 Å². The molecule has 3 N–H and O–H groups in total. The van der Waals surface area contributed by atoms with Gasteiger partial charge < -0.3 is 39.0 Å². The first-order chi connectivity index (χ1) is 21.0. The average Bonchev–Trinajstić information content (AvgIpc) is 3.28. The van der Waals surface area contributed by atoms with Crippen LogP contribution in [0.1, 0.15) is 25.0 Å². The van der Waals surface area contributed by atoms with Gasteiger partial charge in [0, 0.05) is 49.3 Å². The fourth-order valence-corrected chi connectivity index (χ4v) is 6.74. The quantitative estimate of drug-likeness (QED) is 0.152. The van der Waals surface area contributed by atoms with Gasteiger partial charge in [0.05, 0.1) is 43.7 Å². The largest absolute Gasteiger partial charge is 0.494 e. The molecule has 1 fully saturated rings. The number of rotatable bonds is 11. The zero-order valence-corrected chi connectivity index (χ0v) is 25.4. The van der Waals surface area contributed by atoms with E-state index in [-0.39, 0.29) is 36.9 Å². The fraction of sp³-hybridized carbons (Fsp3) is 0.379. The molecule has 0 radical (unpaired) electrons. The van der Waals surface area contributed by atoms with Crippen molar-refractivity contribution in [3.63, 3.8) is 0 Å². The molecule has 2 aromatic carbocycles. The number of fused-ring (bicyclic) bond motifs is 1. The molecule has 1 aliphatic rings. The number of aryl methyl sites for hydroxylation is 1. The van der Waals surface area contributed by atoms with Gasteiger partial charge in [-0.3, -0.25) is 4.57 Å². The Bertz CT molecular complexity index is 1650. The van der Waals surface area contributed by atoms with Crippen LogP contribution in [0.2, 0.25) is 0 Å². The number of ether oxygens (including phenoxy) is 1. The number of morpholine rings is 1. The van der Waals surface area contributed by atoms with Crippen LogP contribution in [0.3, 0.4) is 0 Å². The third-order valence-corrected chi connectivity index (χ3v) is 9.10. The molecule has 3 heterocycles. The highest BCUT2D eigenvalue weighted by molar-refractivity contribution is 7.53. The second-order valence-electron chi connectivity index (χ2n) is 10.1. The molecule has 11 nitrogen and oxygen atoms in total. The third-order valence-electron chi connectivity index (χ3n) is 7.04. The van der Waals surface area contributed by atoms with Crippen molar-refractivity contribution in [1.82, 2.24) is 14.5 Å². The predicted molar refractivity (Wildman–Crippen MR) is 162 cm³/mol. The highest BCUT2D eigenvalue weighted by atomic mass is 31.2. The van der Waals surface area contributed by atoms with Crippen molar-refractivity contribution in [2.24, 2.45) is 7.05 Å². The van der Waals surface area contributed by atoms with Gasteiger partial charge in [-0.15, -0.1) is 0 Å². The van der Waals surface area contributed by atoms with Crippen LogP contribution in [-0.4, -0.2) is 59.2 Å². The highest BCUT2D eigenvalue weighted by Crippen LogP contribution is 2.51. The maximum absolute atomic E-state index is 14.0. The lowest BCUT2D eigenvalue weighted by Gasteiger charge is -2.29. The Hall–Kier alpha value is -3.84. The van der Waals surface area contributed by atoms with Crippen molar-refractivity contribution in [2.75, 3.05) is 55.1 Å². The number of hydrogen-bond donors (Lipinski definition) is 3. The number of aromatic hydroxyl groups is 1. The van der Waals surface area contributed by atoms with E-state index in [2.05, 4.69) is 25.5 Å². The maximum atomic E-state index is 14.0. The summed E-state index contributed by atoms with van der Waals surface area (Å²) in [7, 11) is -1.64. The molecule has 2 aromatic heterocycles. The monoisotopic (exact) mass is 634 g/mol. The molecule has 5 rings (SSSR count). The average molecular weight is 635 g/mol. The predicted octanol–water partition coefficient (Wildman–Crippen LogP) is 6.78. The summed E-state index contributed by atoms with van der Waals surface area (Å²) in [6.45, 7) is 6.35. The minimum absolute atomic E-state index is 0.0743. The molecule has 1 saturated heterocycles. The number of nitrogens with one attached hydrogen (secondary N) is 2. The molecule has 236 valence electrons. The van der Waals surface area contributed by atoms with Gasteiger partial charge in [0.25, 0.3) is 0 Å². The van der Waals surface area contributed by atoms with Gasteiger partial charge in [0.1, 0.15) is 11.4 Å². The van der Waals surface area contributed by atoms with Crippen LogP contribution in [0.5, 0.6) is 5.88 Å². The first-order valence-corrected chi connectivity index (χ1v) is 15.8. The molecular formula is C29H34F3N6O5P. The molecule has 0 bridgehead atoms. The van der Waals surface area contributed by atoms with Crippen molar-refractivity contribution in [3.05, 3.63) is 59.9 Å². The molecule has 0 unspecified atom stereocenters. The van der Waals surface area contributed by atoms with Crippen LogP contribution in [0.15, 0.2) is 48.8 Å². The topological polar surface area (TPSA) is 123 Å². The van der Waals surface area contributed by atoms with Crippen LogP contribution >= 0.6 is 7.60 Å². The Morgan fingerprint density at radius 2 is 1.73 bits per heavy atom. The van der Waals surface area contributed by atoms with Crippen molar-refractivity contribution >= 4 is 47.2 Å². The first kappa shape index (κ1) is 31.6. The molecule has 0 saturated carbocycles. The van der Waals surface area contributed by atoms with Crippen LogP contribution < -0.4 is 15.5 Å².